The van der Waals surface area contributed by atoms with Crippen LogP contribution in [0.25, 0.3) is 97.4 Å². The molecular formula is C57H38N2S. The number of rotatable bonds is 7. The Morgan fingerprint density at radius 1 is 0.350 bits per heavy atom. The summed E-state index contributed by atoms with van der Waals surface area (Å²) in [5.74, 6) is 0. The van der Waals surface area contributed by atoms with Gasteiger partial charge in [0.15, 0.2) is 0 Å². The molecule has 2 nitrogen and oxygen atoms in total. The van der Waals surface area contributed by atoms with Crippen molar-refractivity contribution in [1.82, 2.24) is 0 Å². The van der Waals surface area contributed by atoms with Gasteiger partial charge in [-0.15, -0.1) is 11.3 Å². The van der Waals surface area contributed by atoms with Crippen molar-refractivity contribution < 1.29 is 0 Å². The number of hydrogen-bond acceptors (Lipinski definition) is 3. The van der Waals surface area contributed by atoms with Crippen LogP contribution in [0.4, 0.5) is 11.4 Å². The third-order valence-electron chi connectivity index (χ3n) is 11.7. The number of nitrogens with two attached hydrogens (primary N) is 1. The predicted octanol–water partition coefficient (Wildman–Crippen LogP) is 16.0. The smallest absolute Gasteiger partial charge is 0.0943 e. The highest BCUT2D eigenvalue weighted by atomic mass is 32.1. The highest BCUT2D eigenvalue weighted by Crippen LogP contribution is 2.46. The highest BCUT2D eigenvalue weighted by Gasteiger charge is 2.18. The number of benzene rings is 10. The second-order valence-corrected chi connectivity index (χ2v) is 16.3. The third-order valence-corrected chi connectivity index (χ3v) is 12.9. The zero-order valence-electron chi connectivity index (χ0n) is 32.7. The number of aliphatic imine (C=N–C) groups is 1. The van der Waals surface area contributed by atoms with E-state index in [-0.39, 0.29) is 0 Å². The summed E-state index contributed by atoms with van der Waals surface area (Å²) in [5.41, 5.74) is 21.4. The van der Waals surface area contributed by atoms with E-state index in [9.17, 15) is 0 Å². The van der Waals surface area contributed by atoms with Gasteiger partial charge in [-0.3, -0.25) is 4.99 Å². The zero-order chi connectivity index (χ0) is 40.0. The molecule has 0 saturated carbocycles. The first-order valence-electron chi connectivity index (χ1n) is 20.3. The van der Waals surface area contributed by atoms with Crippen LogP contribution in [0.15, 0.2) is 217 Å². The number of hydrogen-bond donors (Lipinski definition) is 1. The van der Waals surface area contributed by atoms with Crippen molar-refractivity contribution in [2.45, 2.75) is 0 Å². The molecule has 60 heavy (non-hydrogen) atoms. The molecule has 0 aliphatic heterocycles. The van der Waals surface area contributed by atoms with Gasteiger partial charge in [0.25, 0.3) is 0 Å². The molecule has 0 unspecified atom stereocenters. The minimum Gasteiger partial charge on any atom is -0.396 e. The standard InChI is InChI=1S/C57H38N2S/c58-55-49-28-13-11-26-47(49)48-27-12-14-29-50(48)56(55)59-36-37-16-15-21-40(32-37)51-34-42(46-25-10-8-23-44(46)39-19-5-2-6-20-39)35-53-52-33-41(30-31-54(52)60-57(51)53)45-24-9-7-22-43(45)38-17-3-1-4-18-38/h1-36H,58H2. The first-order valence-corrected chi connectivity index (χ1v) is 21.1. The largest absolute Gasteiger partial charge is 0.396 e. The molecular weight excluding hydrogens is 745 g/mol. The van der Waals surface area contributed by atoms with Gasteiger partial charge in [0.1, 0.15) is 0 Å². The molecule has 1 aromatic heterocycles. The second-order valence-electron chi connectivity index (χ2n) is 15.3. The van der Waals surface area contributed by atoms with Crippen molar-refractivity contribution >= 4 is 70.6 Å². The van der Waals surface area contributed by atoms with Crippen LogP contribution in [0.2, 0.25) is 0 Å². The van der Waals surface area contributed by atoms with Crippen LogP contribution >= 0.6 is 11.3 Å². The SMILES string of the molecule is Nc1c(N=Cc2cccc(-c3cc(-c4ccccc4-c4ccccc4)cc4c3sc3ccc(-c5ccccc5-c5ccccc5)cc34)c2)c2ccccc2c2ccccc12. The van der Waals surface area contributed by atoms with Gasteiger partial charge in [-0.25, -0.2) is 0 Å². The molecule has 0 spiro atoms. The lowest BCUT2D eigenvalue weighted by molar-refractivity contribution is 1.56. The fraction of sp³-hybridized carbons (Fsp3) is 0. The van der Waals surface area contributed by atoms with Crippen LogP contribution in [0.1, 0.15) is 5.56 Å². The van der Waals surface area contributed by atoms with Crippen LogP contribution in [0.5, 0.6) is 0 Å². The molecule has 0 fully saturated rings. The highest BCUT2D eigenvalue weighted by molar-refractivity contribution is 7.26. The Balaban J connectivity index is 1.10. The summed E-state index contributed by atoms with van der Waals surface area (Å²) in [6.45, 7) is 0. The fourth-order valence-electron chi connectivity index (χ4n) is 8.84. The molecule has 0 radical (unpaired) electrons. The second kappa shape index (κ2) is 15.0. The van der Waals surface area contributed by atoms with Gasteiger partial charge in [0, 0.05) is 42.7 Å². The Morgan fingerprint density at radius 3 is 1.52 bits per heavy atom. The zero-order valence-corrected chi connectivity index (χ0v) is 33.5. The molecule has 11 aromatic rings. The Labute approximate surface area is 353 Å². The maximum Gasteiger partial charge on any atom is 0.0943 e. The topological polar surface area (TPSA) is 38.4 Å². The van der Waals surface area contributed by atoms with Gasteiger partial charge in [0.05, 0.1) is 11.4 Å². The van der Waals surface area contributed by atoms with Crippen molar-refractivity contribution in [2.75, 3.05) is 5.73 Å². The molecule has 11 rings (SSSR count). The minimum absolute atomic E-state index is 0.694. The van der Waals surface area contributed by atoms with Gasteiger partial charge < -0.3 is 5.73 Å². The Bertz CT molecular complexity index is 3430. The Morgan fingerprint density at radius 2 is 0.850 bits per heavy atom. The molecule has 0 atom stereocenters. The van der Waals surface area contributed by atoms with E-state index in [0.717, 1.165) is 38.4 Å². The lowest BCUT2D eigenvalue weighted by Crippen LogP contribution is -1.91. The van der Waals surface area contributed by atoms with Crippen LogP contribution in [-0.4, -0.2) is 6.21 Å². The van der Waals surface area contributed by atoms with Crippen molar-refractivity contribution in [2.24, 2.45) is 4.99 Å². The van der Waals surface area contributed by atoms with E-state index in [0.29, 0.717) is 5.69 Å². The summed E-state index contributed by atoms with van der Waals surface area (Å²) in [6, 6.07) is 76.1. The van der Waals surface area contributed by atoms with E-state index in [1.807, 2.05) is 23.6 Å². The summed E-state index contributed by atoms with van der Waals surface area (Å²) in [6.07, 6.45) is 1.96. The predicted molar refractivity (Wildman–Crippen MR) is 260 cm³/mol. The fourth-order valence-corrected chi connectivity index (χ4v) is 10.0. The molecule has 282 valence electrons. The van der Waals surface area contributed by atoms with E-state index >= 15 is 0 Å². The van der Waals surface area contributed by atoms with Gasteiger partial charge in [0.2, 0.25) is 0 Å². The van der Waals surface area contributed by atoms with E-state index in [4.69, 9.17) is 10.7 Å². The molecule has 2 N–H and O–H groups in total. The maximum atomic E-state index is 6.87. The van der Waals surface area contributed by atoms with Crippen LogP contribution in [-0.2, 0) is 0 Å². The number of thiophene rings is 1. The van der Waals surface area contributed by atoms with Gasteiger partial charge in [-0.1, -0.05) is 182 Å². The van der Waals surface area contributed by atoms with Crippen LogP contribution in [0.3, 0.4) is 0 Å². The maximum absolute atomic E-state index is 6.87. The van der Waals surface area contributed by atoms with Gasteiger partial charge in [-0.05, 0) is 96.7 Å². The lowest BCUT2D eigenvalue weighted by Gasteiger charge is -2.14. The molecule has 0 saturated heterocycles. The number of nitrogens with zero attached hydrogens (tertiary/aromatic N) is 1. The molecule has 10 aromatic carbocycles. The number of nitrogen functional groups attached to an aromatic ring is 1. The summed E-state index contributed by atoms with van der Waals surface area (Å²) in [5, 5.41) is 6.85. The molecule has 1 heterocycles. The normalized spacial score (nSPS) is 11.7. The lowest BCUT2D eigenvalue weighted by atomic mass is 9.90. The van der Waals surface area contributed by atoms with Crippen molar-refractivity contribution in [3.05, 3.63) is 218 Å². The molecule has 3 heteroatoms. The average Bonchev–Trinajstić information content (AvgIpc) is 3.70. The summed E-state index contributed by atoms with van der Waals surface area (Å²) < 4.78 is 2.52. The summed E-state index contributed by atoms with van der Waals surface area (Å²) in [4.78, 5) is 5.12. The Hall–Kier alpha value is -7.59. The quantitative estimate of drug-likeness (QED) is 0.0976. The van der Waals surface area contributed by atoms with Crippen LogP contribution in [0, 0.1) is 0 Å². The van der Waals surface area contributed by atoms with Crippen molar-refractivity contribution in [3.63, 3.8) is 0 Å². The summed E-state index contributed by atoms with van der Waals surface area (Å²) >= 11 is 1.86. The van der Waals surface area contributed by atoms with Crippen molar-refractivity contribution in [1.29, 1.82) is 0 Å². The third kappa shape index (κ3) is 6.24. The van der Waals surface area contributed by atoms with E-state index in [1.54, 1.807) is 0 Å². The van der Waals surface area contributed by atoms with E-state index < -0.39 is 0 Å². The average molecular weight is 783 g/mol. The van der Waals surface area contributed by atoms with E-state index in [1.165, 1.54) is 70.2 Å². The van der Waals surface area contributed by atoms with Gasteiger partial charge >= 0.3 is 0 Å². The molecule has 0 amide bonds. The Kier molecular flexibility index (Phi) is 8.87. The first kappa shape index (κ1) is 35.6. The number of anilines is 1. The molecule has 0 aliphatic rings. The monoisotopic (exact) mass is 782 g/mol. The molecule has 0 bridgehead atoms. The number of fused-ring (bicyclic) bond motifs is 6. The van der Waals surface area contributed by atoms with Crippen molar-refractivity contribution in [3.8, 4) is 55.6 Å². The minimum atomic E-state index is 0.694. The van der Waals surface area contributed by atoms with E-state index in [2.05, 4.69) is 206 Å². The molecule has 0 aliphatic carbocycles. The summed E-state index contributed by atoms with van der Waals surface area (Å²) in [7, 11) is 0. The van der Waals surface area contributed by atoms with Crippen LogP contribution < -0.4 is 5.73 Å². The van der Waals surface area contributed by atoms with Gasteiger partial charge in [-0.2, -0.15) is 0 Å². The first-order chi connectivity index (χ1) is 29.7.